The summed E-state index contributed by atoms with van der Waals surface area (Å²) in [6, 6.07) is 3.75. The normalized spacial score (nSPS) is 11.0. The second kappa shape index (κ2) is 6.88. The molecule has 3 aromatic rings. The summed E-state index contributed by atoms with van der Waals surface area (Å²) in [4.78, 5) is 8.75. The molecule has 7 heteroatoms. The number of ether oxygens (including phenoxy) is 4. The van der Waals surface area contributed by atoms with Crippen LogP contribution in [0.2, 0.25) is 0 Å². The molecule has 132 valence electrons. The molecule has 0 N–H and O–H groups in total. The van der Waals surface area contributed by atoms with Crippen LogP contribution < -0.4 is 18.9 Å². The number of hydrogen-bond acceptors (Lipinski definition) is 6. The first-order valence-corrected chi connectivity index (χ1v) is 7.88. The van der Waals surface area contributed by atoms with E-state index in [-0.39, 0.29) is 6.10 Å². The fraction of sp³-hybridized carbons (Fsp3) is 0.333. The van der Waals surface area contributed by atoms with Gasteiger partial charge in [0.1, 0.15) is 0 Å². The van der Waals surface area contributed by atoms with Crippen LogP contribution in [0.1, 0.15) is 13.8 Å². The molecule has 0 radical (unpaired) electrons. The van der Waals surface area contributed by atoms with Crippen LogP contribution in [-0.4, -0.2) is 41.8 Å². The van der Waals surface area contributed by atoms with E-state index >= 15 is 0 Å². The molecule has 0 aliphatic rings. The van der Waals surface area contributed by atoms with Crippen molar-refractivity contribution in [1.29, 1.82) is 0 Å². The van der Waals surface area contributed by atoms with Gasteiger partial charge in [0.15, 0.2) is 11.5 Å². The van der Waals surface area contributed by atoms with Crippen LogP contribution in [0.3, 0.4) is 0 Å². The third-order valence-electron chi connectivity index (χ3n) is 3.72. The third kappa shape index (κ3) is 2.93. The predicted molar refractivity (Wildman–Crippen MR) is 93.8 cm³/mol. The summed E-state index contributed by atoms with van der Waals surface area (Å²) >= 11 is 0. The Morgan fingerprint density at radius 2 is 1.72 bits per heavy atom. The Morgan fingerprint density at radius 1 is 0.960 bits per heavy atom. The smallest absolute Gasteiger partial charge is 0.258 e. The molecule has 0 atom stereocenters. The number of imidazole rings is 1. The van der Waals surface area contributed by atoms with E-state index < -0.39 is 0 Å². The topological polar surface area (TPSA) is 67.1 Å². The number of benzene rings is 1. The number of fused-ring (bicyclic) bond motifs is 1. The van der Waals surface area contributed by atoms with Gasteiger partial charge in [0, 0.05) is 18.0 Å². The lowest BCUT2D eigenvalue weighted by atomic mass is 10.1. The van der Waals surface area contributed by atoms with Crippen LogP contribution in [0, 0.1) is 0 Å². The molecule has 2 heterocycles. The van der Waals surface area contributed by atoms with Gasteiger partial charge in [-0.15, -0.1) is 0 Å². The van der Waals surface area contributed by atoms with Gasteiger partial charge in [0.05, 0.1) is 39.3 Å². The molecule has 0 aliphatic carbocycles. The fourth-order valence-corrected chi connectivity index (χ4v) is 2.70. The van der Waals surface area contributed by atoms with E-state index in [0.29, 0.717) is 28.8 Å². The average molecular weight is 343 g/mol. The molecule has 0 unspecified atom stereocenters. The summed E-state index contributed by atoms with van der Waals surface area (Å²) in [6.07, 6.45) is 5.28. The summed E-state index contributed by atoms with van der Waals surface area (Å²) in [6.45, 7) is 3.90. The van der Waals surface area contributed by atoms with Gasteiger partial charge >= 0.3 is 0 Å². The Kier molecular flexibility index (Phi) is 4.65. The molecular weight excluding hydrogens is 322 g/mol. The second-order valence-corrected chi connectivity index (χ2v) is 5.62. The molecule has 7 nitrogen and oxygen atoms in total. The molecule has 0 aliphatic heterocycles. The van der Waals surface area contributed by atoms with Crippen LogP contribution in [-0.2, 0) is 0 Å². The van der Waals surface area contributed by atoms with E-state index in [1.807, 2.05) is 36.6 Å². The zero-order chi connectivity index (χ0) is 18.0. The van der Waals surface area contributed by atoms with Gasteiger partial charge in [-0.3, -0.25) is 4.40 Å². The van der Waals surface area contributed by atoms with Gasteiger partial charge < -0.3 is 18.9 Å². The van der Waals surface area contributed by atoms with Crippen molar-refractivity contribution >= 4 is 5.65 Å². The Labute approximate surface area is 146 Å². The van der Waals surface area contributed by atoms with Crippen molar-refractivity contribution in [2.24, 2.45) is 0 Å². The molecule has 25 heavy (non-hydrogen) atoms. The highest BCUT2D eigenvalue weighted by Gasteiger charge is 2.20. The lowest BCUT2D eigenvalue weighted by molar-refractivity contribution is 0.234. The molecule has 1 aromatic carbocycles. The predicted octanol–water partition coefficient (Wildman–Crippen LogP) is 3.21. The maximum Gasteiger partial charge on any atom is 0.258 e. The molecule has 0 saturated carbocycles. The van der Waals surface area contributed by atoms with Crippen LogP contribution in [0.5, 0.6) is 23.1 Å². The van der Waals surface area contributed by atoms with Crippen molar-refractivity contribution in [3.8, 4) is 34.4 Å². The third-order valence-corrected chi connectivity index (χ3v) is 3.72. The van der Waals surface area contributed by atoms with Crippen LogP contribution >= 0.6 is 0 Å². The number of hydrogen-bond donors (Lipinski definition) is 0. The Bertz CT molecular complexity index is 889. The van der Waals surface area contributed by atoms with Crippen molar-refractivity contribution in [3.63, 3.8) is 0 Å². The lowest BCUT2D eigenvalue weighted by Gasteiger charge is -2.15. The van der Waals surface area contributed by atoms with Crippen molar-refractivity contribution in [1.82, 2.24) is 14.4 Å². The van der Waals surface area contributed by atoms with Crippen LogP contribution in [0.25, 0.3) is 16.9 Å². The Balaban J connectivity index is 2.21. The Hall–Kier alpha value is -2.96. The number of methoxy groups -OCH3 is 3. The maximum atomic E-state index is 5.74. The minimum Gasteiger partial charge on any atom is -0.493 e. The van der Waals surface area contributed by atoms with Gasteiger partial charge in [-0.1, -0.05) is 0 Å². The largest absolute Gasteiger partial charge is 0.493 e. The molecular formula is C18H21N3O4. The summed E-state index contributed by atoms with van der Waals surface area (Å²) < 4.78 is 24.1. The van der Waals surface area contributed by atoms with Crippen molar-refractivity contribution in [3.05, 3.63) is 30.7 Å². The first kappa shape index (κ1) is 16.9. The Morgan fingerprint density at radius 3 is 2.36 bits per heavy atom. The van der Waals surface area contributed by atoms with Crippen molar-refractivity contribution in [2.75, 3.05) is 21.3 Å². The van der Waals surface area contributed by atoms with Crippen molar-refractivity contribution in [2.45, 2.75) is 20.0 Å². The zero-order valence-corrected chi connectivity index (χ0v) is 14.9. The average Bonchev–Trinajstić information content (AvgIpc) is 3.04. The van der Waals surface area contributed by atoms with E-state index in [4.69, 9.17) is 18.9 Å². The highest BCUT2D eigenvalue weighted by Crippen LogP contribution is 2.44. The van der Waals surface area contributed by atoms with Gasteiger partial charge in [-0.25, -0.2) is 9.97 Å². The number of rotatable bonds is 6. The second-order valence-electron chi connectivity index (χ2n) is 5.62. The molecule has 0 amide bonds. The molecule has 3 rings (SSSR count). The first-order valence-electron chi connectivity index (χ1n) is 7.88. The SMILES string of the molecule is COc1ccc(-c2cnc3c(OC(C)C)nccn23)c(OC)c1OC. The minimum atomic E-state index is 0.00877. The molecule has 0 fully saturated rings. The summed E-state index contributed by atoms with van der Waals surface area (Å²) in [5.41, 5.74) is 2.31. The van der Waals surface area contributed by atoms with Gasteiger partial charge in [-0.2, -0.15) is 0 Å². The summed E-state index contributed by atoms with van der Waals surface area (Å²) in [7, 11) is 4.77. The highest BCUT2D eigenvalue weighted by molar-refractivity contribution is 5.76. The summed E-state index contributed by atoms with van der Waals surface area (Å²) in [5, 5.41) is 0. The standard InChI is InChI=1S/C18H21N3O4/c1-11(2)25-18-17-20-10-13(21(17)9-8-19-18)12-6-7-14(22-3)16(24-5)15(12)23-4/h6-11H,1-5H3. The number of aromatic nitrogens is 3. The van der Waals surface area contributed by atoms with E-state index in [0.717, 1.165) is 11.3 Å². The maximum absolute atomic E-state index is 5.74. The summed E-state index contributed by atoms with van der Waals surface area (Å²) in [5.74, 6) is 2.20. The lowest BCUT2D eigenvalue weighted by Crippen LogP contribution is -2.08. The van der Waals surface area contributed by atoms with Gasteiger partial charge in [0.2, 0.25) is 11.4 Å². The van der Waals surface area contributed by atoms with E-state index in [1.165, 1.54) is 0 Å². The zero-order valence-electron chi connectivity index (χ0n) is 14.9. The molecule has 0 spiro atoms. The first-order chi connectivity index (χ1) is 12.1. The molecule has 0 saturated heterocycles. The number of nitrogens with zero attached hydrogens (tertiary/aromatic N) is 3. The van der Waals surface area contributed by atoms with Gasteiger partial charge in [0.25, 0.3) is 5.88 Å². The minimum absolute atomic E-state index is 0.00877. The monoisotopic (exact) mass is 343 g/mol. The van der Waals surface area contributed by atoms with E-state index in [2.05, 4.69) is 9.97 Å². The van der Waals surface area contributed by atoms with Crippen LogP contribution in [0.15, 0.2) is 30.7 Å². The quantitative estimate of drug-likeness (QED) is 0.685. The van der Waals surface area contributed by atoms with E-state index in [1.54, 1.807) is 33.7 Å². The van der Waals surface area contributed by atoms with Crippen LogP contribution in [0.4, 0.5) is 0 Å². The van der Waals surface area contributed by atoms with E-state index in [9.17, 15) is 0 Å². The molecule has 0 bridgehead atoms. The molecule has 2 aromatic heterocycles. The fourth-order valence-electron chi connectivity index (χ4n) is 2.70. The highest BCUT2D eigenvalue weighted by atomic mass is 16.5. The van der Waals surface area contributed by atoms with Gasteiger partial charge in [-0.05, 0) is 26.0 Å². The van der Waals surface area contributed by atoms with Crippen molar-refractivity contribution < 1.29 is 18.9 Å².